The second-order valence-electron chi connectivity index (χ2n) is 6.76. The predicted molar refractivity (Wildman–Crippen MR) is 103 cm³/mol. The largest absolute Gasteiger partial charge is 0.389 e. The Morgan fingerprint density at radius 2 is 2.26 bits per heavy atom. The molecule has 2 bridgehead atoms. The summed E-state index contributed by atoms with van der Waals surface area (Å²) < 4.78 is 15.4. The smallest absolute Gasteiger partial charge is 0.351 e. The number of nitrogens with one attached hydrogen (secondary N) is 1. The number of aliphatic hydroxyl groups is 1. The van der Waals surface area contributed by atoms with Crippen molar-refractivity contribution in [3.8, 4) is 0 Å². The van der Waals surface area contributed by atoms with Gasteiger partial charge in [0, 0.05) is 24.4 Å². The van der Waals surface area contributed by atoms with E-state index in [9.17, 15) is 14.7 Å². The molecule has 2 aromatic rings. The highest BCUT2D eigenvalue weighted by molar-refractivity contribution is 8.00. The van der Waals surface area contributed by atoms with Crippen LogP contribution < -0.4 is 11.0 Å². The molecule has 8 heteroatoms. The second kappa shape index (κ2) is 6.78. The molecule has 27 heavy (non-hydrogen) atoms. The Bertz CT molecular complexity index is 967. The number of thioether (sulfide) groups is 1. The average molecular weight is 388 g/mol. The van der Waals surface area contributed by atoms with E-state index in [1.54, 1.807) is 44.3 Å². The second-order valence-corrected chi connectivity index (χ2v) is 7.92. The Morgan fingerprint density at radius 1 is 1.52 bits per heavy atom. The molecule has 2 fully saturated rings. The summed E-state index contributed by atoms with van der Waals surface area (Å²) in [5, 5.41) is 12.9. The third-order valence-corrected chi connectivity index (χ3v) is 6.59. The number of aromatic nitrogens is 2. The van der Waals surface area contributed by atoms with Crippen LogP contribution in [0.15, 0.2) is 41.3 Å². The van der Waals surface area contributed by atoms with E-state index in [0.717, 1.165) is 0 Å². The zero-order valence-corrected chi connectivity index (χ0v) is 15.8. The molecule has 0 unspecified atom stereocenters. The van der Waals surface area contributed by atoms with E-state index in [0.29, 0.717) is 16.9 Å². The number of aliphatic hydroxyl groups excluding tert-OH is 1. The summed E-state index contributed by atoms with van der Waals surface area (Å²) in [5.41, 5.74) is -0.488. The zero-order chi connectivity index (χ0) is 20.1. The number of amides is 1. The summed E-state index contributed by atoms with van der Waals surface area (Å²) >= 11 is 1.50. The number of hydrogen-bond acceptors (Lipinski definition) is 6. The zero-order valence-electron chi connectivity index (χ0n) is 16.0. The van der Waals surface area contributed by atoms with Gasteiger partial charge in [-0.2, -0.15) is 4.98 Å². The van der Waals surface area contributed by atoms with Crippen LogP contribution >= 0.6 is 11.8 Å². The number of fused-ring (bicyclic) bond motifs is 2. The van der Waals surface area contributed by atoms with Gasteiger partial charge in [0.25, 0.3) is 5.91 Å². The molecular weight excluding hydrogens is 366 g/mol. The van der Waals surface area contributed by atoms with Gasteiger partial charge in [-0.25, -0.2) is 4.79 Å². The first-order valence-corrected chi connectivity index (χ1v) is 9.74. The maximum Gasteiger partial charge on any atom is 0.351 e. The SMILES string of the molecule is [2H][C@H](C)[C@@]12CS[C@@H]([C@H](n3cc(C)c(NC(=O)c4ccccc4)nc3=O)O1)[C@@H]2O. The third kappa shape index (κ3) is 2.97. The number of hydrogen-bond donors (Lipinski definition) is 2. The van der Waals surface area contributed by atoms with Crippen molar-refractivity contribution in [2.45, 2.75) is 43.4 Å². The summed E-state index contributed by atoms with van der Waals surface area (Å²) in [6.45, 7) is 3.42. The highest BCUT2D eigenvalue weighted by atomic mass is 32.2. The molecule has 1 amide bonds. The van der Waals surface area contributed by atoms with Crippen LogP contribution in [0.3, 0.4) is 0 Å². The van der Waals surface area contributed by atoms with E-state index in [1.807, 2.05) is 6.07 Å². The Balaban J connectivity index is 1.61. The Labute approximate surface area is 162 Å². The maximum absolute atomic E-state index is 12.6. The topological polar surface area (TPSA) is 93.5 Å². The number of carbonyl (C=O) groups excluding carboxylic acids is 1. The van der Waals surface area contributed by atoms with E-state index in [-0.39, 0.29) is 17.0 Å². The van der Waals surface area contributed by atoms with Gasteiger partial charge in [-0.3, -0.25) is 9.36 Å². The van der Waals surface area contributed by atoms with E-state index in [4.69, 9.17) is 6.11 Å². The van der Waals surface area contributed by atoms with E-state index in [2.05, 4.69) is 10.3 Å². The van der Waals surface area contributed by atoms with Crippen molar-refractivity contribution in [1.82, 2.24) is 9.55 Å². The van der Waals surface area contributed by atoms with Gasteiger partial charge in [0.2, 0.25) is 0 Å². The van der Waals surface area contributed by atoms with Crippen LogP contribution in [0.4, 0.5) is 5.82 Å². The molecule has 0 spiro atoms. The molecule has 1 aromatic carbocycles. The molecule has 4 rings (SSSR count). The van der Waals surface area contributed by atoms with Gasteiger partial charge in [0.05, 0.1) is 5.25 Å². The molecule has 142 valence electrons. The molecule has 0 saturated carbocycles. The fraction of sp³-hybridized carbons (Fsp3) is 0.421. The van der Waals surface area contributed by atoms with E-state index in [1.165, 1.54) is 16.3 Å². The lowest BCUT2D eigenvalue weighted by atomic mass is 9.96. The standard InChI is InChI=1S/C19H21N3O4S/c1-3-19-10-27-13(14(19)23)17(26-19)22-9-11(2)15(21-18(22)25)20-16(24)12-7-5-4-6-8-12/h4-9,13-14,17,23H,3,10H2,1-2H3,(H,20,21,24,25)/t13-,14+,17-,19+/m1/s1/i3D/t3-,13-,14+,17-,19+. The van der Waals surface area contributed by atoms with Gasteiger partial charge in [-0.05, 0) is 25.5 Å². The monoisotopic (exact) mass is 388 g/mol. The lowest BCUT2D eigenvalue weighted by molar-refractivity contribution is -0.0913. The lowest BCUT2D eigenvalue weighted by Crippen LogP contribution is -2.39. The Kier molecular flexibility index (Phi) is 4.26. The lowest BCUT2D eigenvalue weighted by Gasteiger charge is -2.30. The molecule has 2 N–H and O–H groups in total. The maximum atomic E-state index is 12.6. The van der Waals surface area contributed by atoms with Gasteiger partial charge in [0.15, 0.2) is 6.23 Å². The van der Waals surface area contributed by atoms with Crippen molar-refractivity contribution in [3.63, 3.8) is 0 Å². The molecule has 2 saturated heterocycles. The first kappa shape index (κ1) is 17.0. The Hall–Kier alpha value is -2.16. The van der Waals surface area contributed by atoms with Crippen LogP contribution in [0.1, 0.15) is 36.8 Å². The van der Waals surface area contributed by atoms with Gasteiger partial charge < -0.3 is 15.2 Å². The van der Waals surface area contributed by atoms with E-state index >= 15 is 0 Å². The fourth-order valence-corrected chi connectivity index (χ4v) is 5.12. The van der Waals surface area contributed by atoms with Gasteiger partial charge >= 0.3 is 5.69 Å². The highest BCUT2D eigenvalue weighted by Gasteiger charge is 2.60. The molecular formula is C19H21N3O4S. The summed E-state index contributed by atoms with van der Waals surface area (Å²) in [7, 11) is 0. The van der Waals surface area contributed by atoms with E-state index < -0.39 is 30.0 Å². The predicted octanol–water partition coefficient (Wildman–Crippen LogP) is 1.96. The molecule has 0 radical (unpaired) electrons. The number of rotatable bonds is 4. The number of aryl methyl sites for hydroxylation is 1. The van der Waals surface area contributed by atoms with Crippen molar-refractivity contribution in [1.29, 1.82) is 0 Å². The van der Waals surface area contributed by atoms with Gasteiger partial charge in [0.1, 0.15) is 17.5 Å². The molecule has 5 atom stereocenters. The van der Waals surface area contributed by atoms with Crippen LogP contribution in [0.25, 0.3) is 0 Å². The average Bonchev–Trinajstić information content (AvgIpc) is 3.16. The minimum Gasteiger partial charge on any atom is -0.389 e. The van der Waals surface area contributed by atoms with Gasteiger partial charge in [-0.1, -0.05) is 25.1 Å². The van der Waals surface area contributed by atoms with Crippen LogP contribution in [-0.4, -0.2) is 43.3 Å². The number of nitrogens with zero attached hydrogens (tertiary/aromatic N) is 2. The number of ether oxygens (including phenoxy) is 1. The van der Waals surface area contributed by atoms with Crippen LogP contribution in [0.2, 0.25) is 0 Å². The Morgan fingerprint density at radius 3 is 2.93 bits per heavy atom. The summed E-state index contributed by atoms with van der Waals surface area (Å²) in [4.78, 5) is 29.0. The summed E-state index contributed by atoms with van der Waals surface area (Å²) in [5.74, 6) is 0.361. The van der Waals surface area contributed by atoms with Crippen LogP contribution in [0, 0.1) is 6.92 Å². The fourth-order valence-electron chi connectivity index (χ4n) is 3.50. The molecule has 0 aliphatic carbocycles. The molecule has 7 nitrogen and oxygen atoms in total. The molecule has 1 aromatic heterocycles. The number of benzene rings is 1. The minimum absolute atomic E-state index is 0.190. The quantitative estimate of drug-likeness (QED) is 0.832. The number of anilines is 1. The third-order valence-electron chi connectivity index (χ3n) is 5.10. The van der Waals surface area contributed by atoms with Crippen molar-refractivity contribution in [3.05, 3.63) is 58.1 Å². The molecule has 2 aliphatic rings. The first-order chi connectivity index (χ1) is 13.3. The summed E-state index contributed by atoms with van der Waals surface area (Å²) in [6, 6.07) is 8.68. The molecule has 2 aliphatic heterocycles. The number of carbonyl (C=O) groups is 1. The highest BCUT2D eigenvalue weighted by Crippen LogP contribution is 2.52. The minimum atomic E-state index is -0.979. The van der Waals surface area contributed by atoms with Crippen molar-refractivity contribution in [2.24, 2.45) is 0 Å². The normalized spacial score (nSPS) is 30.8. The van der Waals surface area contributed by atoms with Gasteiger partial charge in [-0.15, -0.1) is 11.8 Å². The van der Waals surface area contributed by atoms with Crippen molar-refractivity contribution < 1.29 is 16.0 Å². The first-order valence-electron chi connectivity index (χ1n) is 9.27. The summed E-state index contributed by atoms with van der Waals surface area (Å²) in [6.07, 6.45) is -0.560. The van der Waals surface area contributed by atoms with Crippen LogP contribution in [0.5, 0.6) is 0 Å². The van der Waals surface area contributed by atoms with Crippen LogP contribution in [-0.2, 0) is 4.74 Å². The molecule has 3 heterocycles. The van der Waals surface area contributed by atoms with Crippen molar-refractivity contribution in [2.75, 3.05) is 11.1 Å². The van der Waals surface area contributed by atoms with Crippen molar-refractivity contribution >= 4 is 23.5 Å².